The van der Waals surface area contributed by atoms with Crippen molar-refractivity contribution in [2.45, 2.75) is 0 Å². The van der Waals surface area contributed by atoms with E-state index in [1.54, 1.807) is 6.20 Å². The van der Waals surface area contributed by atoms with Crippen molar-refractivity contribution in [3.05, 3.63) is 38.7 Å². The number of halogens is 4. The summed E-state index contributed by atoms with van der Waals surface area (Å²) in [6.45, 7) is 0. The molecule has 2 rings (SSSR count). The first kappa shape index (κ1) is 11.0. The zero-order valence-electron chi connectivity index (χ0n) is 7.09. The standard InChI is InChI=1S/C8H3Cl4N3/c9-4-2-13-15(3-4)8-6(11)1-5(10)7(12)14-8/h1-3H. The van der Waals surface area contributed by atoms with Gasteiger partial charge < -0.3 is 0 Å². The van der Waals surface area contributed by atoms with E-state index in [1.165, 1.54) is 16.9 Å². The lowest BCUT2D eigenvalue weighted by Crippen LogP contribution is -1.99. The Bertz CT molecular complexity index is 509. The summed E-state index contributed by atoms with van der Waals surface area (Å²) in [4.78, 5) is 4.00. The molecule has 78 valence electrons. The van der Waals surface area contributed by atoms with Crippen LogP contribution in [0.25, 0.3) is 5.82 Å². The van der Waals surface area contributed by atoms with E-state index in [1.807, 2.05) is 0 Å². The van der Waals surface area contributed by atoms with Gasteiger partial charge in [-0.05, 0) is 6.07 Å². The molecule has 2 heterocycles. The third-order valence-corrected chi connectivity index (χ3v) is 2.78. The maximum atomic E-state index is 5.94. The molecule has 0 radical (unpaired) electrons. The van der Waals surface area contributed by atoms with E-state index in [2.05, 4.69) is 10.1 Å². The second-order valence-electron chi connectivity index (χ2n) is 2.67. The van der Waals surface area contributed by atoms with E-state index >= 15 is 0 Å². The Labute approximate surface area is 106 Å². The van der Waals surface area contributed by atoms with Gasteiger partial charge in [0.1, 0.15) is 5.15 Å². The molecule has 3 nitrogen and oxygen atoms in total. The molecular formula is C8H3Cl4N3. The van der Waals surface area contributed by atoms with Gasteiger partial charge in [0.15, 0.2) is 5.82 Å². The number of pyridine rings is 1. The zero-order valence-corrected chi connectivity index (χ0v) is 10.1. The fourth-order valence-corrected chi connectivity index (χ4v) is 1.73. The summed E-state index contributed by atoms with van der Waals surface area (Å²) in [7, 11) is 0. The highest BCUT2D eigenvalue weighted by Gasteiger charge is 2.10. The lowest BCUT2D eigenvalue weighted by molar-refractivity contribution is 0.847. The molecule has 0 saturated carbocycles. The summed E-state index contributed by atoms with van der Waals surface area (Å²) in [5, 5.41) is 5.25. The molecule has 7 heteroatoms. The number of hydrogen-bond acceptors (Lipinski definition) is 2. The van der Waals surface area contributed by atoms with E-state index in [9.17, 15) is 0 Å². The fourth-order valence-electron chi connectivity index (χ4n) is 1.01. The molecular weight excluding hydrogens is 280 g/mol. The normalized spacial score (nSPS) is 10.7. The summed E-state index contributed by atoms with van der Waals surface area (Å²) >= 11 is 23.2. The lowest BCUT2D eigenvalue weighted by Gasteiger charge is -2.04. The Hall–Kier alpha value is -0.480. The van der Waals surface area contributed by atoms with Crippen LogP contribution in [0.2, 0.25) is 20.2 Å². The average Bonchev–Trinajstić information content (AvgIpc) is 2.58. The number of rotatable bonds is 1. The van der Waals surface area contributed by atoms with Gasteiger partial charge in [0.05, 0.1) is 27.5 Å². The maximum Gasteiger partial charge on any atom is 0.173 e. The van der Waals surface area contributed by atoms with Gasteiger partial charge in [0.2, 0.25) is 0 Å². The van der Waals surface area contributed by atoms with Gasteiger partial charge >= 0.3 is 0 Å². The van der Waals surface area contributed by atoms with Crippen molar-refractivity contribution in [2.75, 3.05) is 0 Å². The van der Waals surface area contributed by atoms with Crippen LogP contribution in [0, 0.1) is 0 Å². The summed E-state index contributed by atoms with van der Waals surface area (Å²) in [6.07, 6.45) is 3.04. The highest BCUT2D eigenvalue weighted by Crippen LogP contribution is 2.27. The van der Waals surface area contributed by atoms with Crippen LogP contribution in [0.5, 0.6) is 0 Å². The number of nitrogens with zero attached hydrogens (tertiary/aromatic N) is 3. The second-order valence-corrected chi connectivity index (χ2v) is 4.28. The Kier molecular flexibility index (Phi) is 3.07. The first-order valence-corrected chi connectivity index (χ1v) is 5.31. The highest BCUT2D eigenvalue weighted by molar-refractivity contribution is 6.42. The van der Waals surface area contributed by atoms with Gasteiger partial charge in [-0.15, -0.1) is 0 Å². The fraction of sp³-hybridized carbons (Fsp3) is 0. The van der Waals surface area contributed by atoms with Crippen molar-refractivity contribution in [2.24, 2.45) is 0 Å². The Morgan fingerprint density at radius 1 is 1.07 bits per heavy atom. The van der Waals surface area contributed by atoms with Crippen LogP contribution in [0.15, 0.2) is 18.5 Å². The molecule has 0 spiro atoms. The second kappa shape index (κ2) is 4.18. The summed E-state index contributed by atoms with van der Waals surface area (Å²) in [6, 6.07) is 1.50. The van der Waals surface area contributed by atoms with E-state index in [-0.39, 0.29) is 5.15 Å². The van der Waals surface area contributed by atoms with Crippen molar-refractivity contribution in [1.82, 2.24) is 14.8 Å². The molecule has 0 aliphatic heterocycles. The predicted octanol–water partition coefficient (Wildman–Crippen LogP) is 3.88. The minimum absolute atomic E-state index is 0.169. The van der Waals surface area contributed by atoms with Crippen molar-refractivity contribution < 1.29 is 0 Å². The van der Waals surface area contributed by atoms with Crippen LogP contribution in [-0.2, 0) is 0 Å². The average molecular weight is 283 g/mol. The Balaban J connectivity index is 2.58. The molecule has 0 N–H and O–H groups in total. The van der Waals surface area contributed by atoms with Crippen molar-refractivity contribution in [1.29, 1.82) is 0 Å². The SMILES string of the molecule is Clc1cnn(-c2nc(Cl)c(Cl)cc2Cl)c1. The molecule has 0 amide bonds. The van der Waals surface area contributed by atoms with Crippen LogP contribution >= 0.6 is 46.4 Å². The van der Waals surface area contributed by atoms with Gasteiger partial charge in [-0.25, -0.2) is 9.67 Å². The van der Waals surface area contributed by atoms with Crippen LogP contribution in [0.1, 0.15) is 0 Å². The highest BCUT2D eigenvalue weighted by atomic mass is 35.5. The summed E-state index contributed by atoms with van der Waals surface area (Å²) in [5.74, 6) is 0.387. The van der Waals surface area contributed by atoms with Gasteiger partial charge in [-0.2, -0.15) is 5.10 Å². The van der Waals surface area contributed by atoms with Crippen LogP contribution in [-0.4, -0.2) is 14.8 Å². The topological polar surface area (TPSA) is 30.7 Å². The minimum atomic E-state index is 0.169. The largest absolute Gasteiger partial charge is 0.220 e. The molecule has 0 atom stereocenters. The van der Waals surface area contributed by atoms with E-state index in [0.29, 0.717) is 20.9 Å². The molecule has 0 bridgehead atoms. The Morgan fingerprint density at radius 2 is 1.80 bits per heavy atom. The molecule has 2 aromatic rings. The number of hydrogen-bond donors (Lipinski definition) is 0. The summed E-state index contributed by atoms with van der Waals surface area (Å²) in [5.41, 5.74) is 0. The third kappa shape index (κ3) is 2.21. The van der Waals surface area contributed by atoms with Gasteiger partial charge in [-0.1, -0.05) is 46.4 Å². The smallest absolute Gasteiger partial charge is 0.173 e. The van der Waals surface area contributed by atoms with E-state index in [0.717, 1.165) is 0 Å². The predicted molar refractivity (Wildman–Crippen MR) is 61.4 cm³/mol. The molecule has 0 saturated heterocycles. The van der Waals surface area contributed by atoms with Crippen molar-refractivity contribution >= 4 is 46.4 Å². The monoisotopic (exact) mass is 281 g/mol. The minimum Gasteiger partial charge on any atom is -0.220 e. The molecule has 0 aliphatic rings. The van der Waals surface area contributed by atoms with Crippen molar-refractivity contribution in [3.8, 4) is 5.82 Å². The van der Waals surface area contributed by atoms with E-state index < -0.39 is 0 Å². The molecule has 15 heavy (non-hydrogen) atoms. The summed E-state index contributed by atoms with van der Waals surface area (Å²) < 4.78 is 1.42. The molecule has 0 aromatic carbocycles. The quantitative estimate of drug-likeness (QED) is 0.743. The first-order chi connectivity index (χ1) is 7.08. The zero-order chi connectivity index (χ0) is 11.0. The van der Waals surface area contributed by atoms with Gasteiger partial charge in [0, 0.05) is 0 Å². The molecule has 0 unspecified atom stereocenters. The van der Waals surface area contributed by atoms with Crippen LogP contribution in [0.4, 0.5) is 0 Å². The van der Waals surface area contributed by atoms with Gasteiger partial charge in [-0.3, -0.25) is 0 Å². The molecule has 0 fully saturated rings. The molecule has 0 aliphatic carbocycles. The van der Waals surface area contributed by atoms with E-state index in [4.69, 9.17) is 46.4 Å². The first-order valence-electron chi connectivity index (χ1n) is 3.80. The van der Waals surface area contributed by atoms with Crippen LogP contribution in [0.3, 0.4) is 0 Å². The Morgan fingerprint density at radius 3 is 2.40 bits per heavy atom. The van der Waals surface area contributed by atoms with Gasteiger partial charge in [0.25, 0.3) is 0 Å². The van der Waals surface area contributed by atoms with Crippen molar-refractivity contribution in [3.63, 3.8) is 0 Å². The lowest BCUT2D eigenvalue weighted by atomic mass is 10.4. The third-order valence-electron chi connectivity index (χ3n) is 1.64. The number of aromatic nitrogens is 3. The van der Waals surface area contributed by atoms with Crippen LogP contribution < -0.4 is 0 Å². The molecule has 2 aromatic heterocycles. The maximum absolute atomic E-state index is 5.94.